The van der Waals surface area contributed by atoms with Crippen LogP contribution in [-0.4, -0.2) is 50.4 Å². The Morgan fingerprint density at radius 2 is 1.57 bits per heavy atom. The van der Waals surface area contributed by atoms with E-state index in [4.69, 9.17) is 16.3 Å². The summed E-state index contributed by atoms with van der Waals surface area (Å²) in [6.45, 7) is 1.85. The van der Waals surface area contributed by atoms with Crippen LogP contribution in [-0.2, 0) is 32.6 Å². The Hall–Kier alpha value is -3.86. The highest BCUT2D eigenvalue weighted by atomic mass is 79.9. The molecular formula is C38H41BrClN3O5S. The van der Waals surface area contributed by atoms with Crippen molar-refractivity contribution in [3.63, 3.8) is 0 Å². The van der Waals surface area contributed by atoms with E-state index in [1.54, 1.807) is 24.3 Å². The number of nitrogens with zero attached hydrogens (tertiary/aromatic N) is 2. The van der Waals surface area contributed by atoms with Crippen LogP contribution in [0.5, 0.6) is 5.75 Å². The second-order valence-corrected chi connectivity index (χ2v) is 15.3. The van der Waals surface area contributed by atoms with Crippen LogP contribution < -0.4 is 14.4 Å². The first-order valence-electron chi connectivity index (χ1n) is 16.5. The molecule has 0 unspecified atom stereocenters. The Kier molecular flexibility index (Phi) is 12.8. The van der Waals surface area contributed by atoms with Crippen molar-refractivity contribution >= 4 is 55.1 Å². The standard InChI is InChI=1S/C38H41BrClN3O5S/c1-2-48-34-20-18-33(19-21-34)43(49(46,47)35-22-16-31(40)17-23-35)27-37(44)42(26-29-12-9-13-30(39)24-29)36(25-28-10-5-3-6-11-28)38(45)41-32-14-7-4-8-15-32/h3,5-6,9-13,16-24,32,36H,2,4,7-8,14-15,25-27H2,1H3,(H,41,45)/t36-/m1/s1. The number of carbonyl (C=O) groups is 2. The molecule has 1 aliphatic rings. The zero-order valence-corrected chi connectivity index (χ0v) is 30.6. The number of benzene rings is 4. The Balaban J connectivity index is 1.56. The van der Waals surface area contributed by atoms with Gasteiger partial charge in [-0.05, 0) is 91.6 Å². The Morgan fingerprint density at radius 3 is 2.22 bits per heavy atom. The molecule has 258 valence electrons. The molecule has 1 N–H and O–H groups in total. The highest BCUT2D eigenvalue weighted by Gasteiger charge is 2.35. The van der Waals surface area contributed by atoms with Gasteiger partial charge in [0.1, 0.15) is 18.3 Å². The monoisotopic (exact) mass is 765 g/mol. The number of sulfonamides is 1. The molecule has 4 aromatic rings. The van der Waals surface area contributed by atoms with Crippen LogP contribution in [0.15, 0.2) is 112 Å². The molecule has 1 atom stereocenters. The molecule has 0 heterocycles. The van der Waals surface area contributed by atoms with Crippen molar-refractivity contribution in [1.29, 1.82) is 0 Å². The number of halogens is 2. The summed E-state index contributed by atoms with van der Waals surface area (Å²) in [7, 11) is -4.25. The molecule has 0 bridgehead atoms. The molecule has 2 amide bonds. The van der Waals surface area contributed by atoms with E-state index in [1.807, 2.05) is 61.5 Å². The molecule has 0 aliphatic heterocycles. The van der Waals surface area contributed by atoms with Gasteiger partial charge in [-0.25, -0.2) is 8.42 Å². The molecular weight excluding hydrogens is 726 g/mol. The zero-order chi connectivity index (χ0) is 34.8. The van der Waals surface area contributed by atoms with Crippen LogP contribution in [0.2, 0.25) is 5.02 Å². The summed E-state index contributed by atoms with van der Waals surface area (Å²) < 4.78 is 36.0. The molecule has 1 fully saturated rings. The minimum Gasteiger partial charge on any atom is -0.494 e. The van der Waals surface area contributed by atoms with E-state index in [0.717, 1.165) is 52.0 Å². The van der Waals surface area contributed by atoms with Crippen LogP contribution in [0.25, 0.3) is 0 Å². The number of carbonyl (C=O) groups excluding carboxylic acids is 2. The summed E-state index contributed by atoms with van der Waals surface area (Å²) in [5.41, 5.74) is 1.95. The highest BCUT2D eigenvalue weighted by Crippen LogP contribution is 2.28. The van der Waals surface area contributed by atoms with Gasteiger partial charge in [-0.1, -0.05) is 89.3 Å². The van der Waals surface area contributed by atoms with E-state index in [-0.39, 0.29) is 35.5 Å². The van der Waals surface area contributed by atoms with Crippen molar-refractivity contribution in [1.82, 2.24) is 10.2 Å². The van der Waals surface area contributed by atoms with E-state index < -0.39 is 28.5 Å². The summed E-state index contributed by atoms with van der Waals surface area (Å²) in [6, 6.07) is 28.6. The first kappa shape index (κ1) is 36.4. The third-order valence-corrected chi connectivity index (χ3v) is 11.1. The Morgan fingerprint density at radius 1 is 0.898 bits per heavy atom. The molecule has 5 rings (SSSR count). The number of anilines is 1. The van der Waals surface area contributed by atoms with E-state index in [0.29, 0.717) is 17.4 Å². The highest BCUT2D eigenvalue weighted by molar-refractivity contribution is 9.10. The average Bonchev–Trinajstić information content (AvgIpc) is 3.10. The largest absolute Gasteiger partial charge is 0.494 e. The van der Waals surface area contributed by atoms with Gasteiger partial charge in [0.15, 0.2) is 0 Å². The van der Waals surface area contributed by atoms with Gasteiger partial charge >= 0.3 is 0 Å². The topological polar surface area (TPSA) is 96.0 Å². The van der Waals surface area contributed by atoms with Gasteiger partial charge in [-0.3, -0.25) is 13.9 Å². The van der Waals surface area contributed by atoms with Crippen molar-refractivity contribution < 1.29 is 22.7 Å². The van der Waals surface area contributed by atoms with Gasteiger partial charge in [0, 0.05) is 28.5 Å². The molecule has 0 saturated heterocycles. The Bertz CT molecular complexity index is 1800. The molecule has 49 heavy (non-hydrogen) atoms. The van der Waals surface area contributed by atoms with E-state index in [1.165, 1.54) is 29.2 Å². The van der Waals surface area contributed by atoms with Crippen molar-refractivity contribution in [2.75, 3.05) is 17.5 Å². The van der Waals surface area contributed by atoms with Crippen LogP contribution in [0.3, 0.4) is 0 Å². The summed E-state index contributed by atoms with van der Waals surface area (Å²) in [4.78, 5) is 30.5. The van der Waals surface area contributed by atoms with Gasteiger partial charge in [0.2, 0.25) is 11.8 Å². The summed E-state index contributed by atoms with van der Waals surface area (Å²) in [5.74, 6) is -0.210. The van der Waals surface area contributed by atoms with Crippen molar-refractivity contribution in [3.8, 4) is 5.75 Å². The molecule has 1 saturated carbocycles. The fourth-order valence-corrected chi connectivity index (χ4v) is 8.05. The van der Waals surface area contributed by atoms with E-state index in [2.05, 4.69) is 21.2 Å². The predicted octanol–water partition coefficient (Wildman–Crippen LogP) is 7.79. The fourth-order valence-electron chi connectivity index (χ4n) is 6.07. The first-order chi connectivity index (χ1) is 23.6. The molecule has 0 spiro atoms. The van der Waals surface area contributed by atoms with E-state index >= 15 is 0 Å². The zero-order valence-electron chi connectivity index (χ0n) is 27.4. The third kappa shape index (κ3) is 9.86. The summed E-state index contributed by atoms with van der Waals surface area (Å²) in [5, 5.41) is 3.62. The molecule has 11 heteroatoms. The lowest BCUT2D eigenvalue weighted by Crippen LogP contribution is -2.55. The smallest absolute Gasteiger partial charge is 0.264 e. The summed E-state index contributed by atoms with van der Waals surface area (Å²) >= 11 is 9.63. The maximum absolute atomic E-state index is 14.7. The molecule has 8 nitrogen and oxygen atoms in total. The number of rotatable bonds is 14. The normalized spacial score (nSPS) is 14.1. The minimum absolute atomic E-state index is 0.0204. The maximum atomic E-state index is 14.7. The lowest BCUT2D eigenvalue weighted by atomic mass is 9.94. The summed E-state index contributed by atoms with van der Waals surface area (Å²) in [6.07, 6.45) is 5.23. The van der Waals surface area contributed by atoms with E-state index in [9.17, 15) is 18.0 Å². The third-order valence-electron chi connectivity index (χ3n) is 8.58. The Labute approximate surface area is 302 Å². The van der Waals surface area contributed by atoms with Crippen molar-refractivity contribution in [2.45, 2.75) is 69.0 Å². The SMILES string of the molecule is CCOc1ccc(N(CC(=O)N(Cc2cccc(Br)c2)[C@H](Cc2ccccc2)C(=O)NC2CCCCC2)S(=O)(=O)c2ccc(Cl)cc2)cc1. The first-order valence-corrected chi connectivity index (χ1v) is 19.1. The molecule has 0 radical (unpaired) electrons. The second-order valence-electron chi connectivity index (χ2n) is 12.1. The number of nitrogens with one attached hydrogen (secondary N) is 1. The lowest BCUT2D eigenvalue weighted by Gasteiger charge is -2.35. The van der Waals surface area contributed by atoms with Gasteiger partial charge in [-0.2, -0.15) is 0 Å². The van der Waals surface area contributed by atoms with Gasteiger partial charge in [0.25, 0.3) is 10.0 Å². The number of ether oxygens (including phenoxy) is 1. The van der Waals surface area contributed by atoms with Crippen LogP contribution in [0, 0.1) is 0 Å². The van der Waals surface area contributed by atoms with Gasteiger partial charge < -0.3 is 15.0 Å². The van der Waals surface area contributed by atoms with Crippen LogP contribution >= 0.6 is 27.5 Å². The fraction of sp³-hybridized carbons (Fsp3) is 0.316. The predicted molar refractivity (Wildman–Crippen MR) is 197 cm³/mol. The molecule has 1 aliphatic carbocycles. The number of amides is 2. The average molecular weight is 767 g/mol. The van der Waals surface area contributed by atoms with Crippen LogP contribution in [0.4, 0.5) is 5.69 Å². The quantitative estimate of drug-likeness (QED) is 0.142. The maximum Gasteiger partial charge on any atom is 0.264 e. The van der Waals surface area contributed by atoms with Crippen molar-refractivity contribution in [3.05, 3.63) is 124 Å². The van der Waals surface area contributed by atoms with Crippen LogP contribution in [0.1, 0.15) is 50.2 Å². The molecule has 4 aromatic carbocycles. The molecule has 0 aromatic heterocycles. The van der Waals surface area contributed by atoms with Gasteiger partial charge in [0.05, 0.1) is 17.2 Å². The lowest BCUT2D eigenvalue weighted by molar-refractivity contribution is -0.140. The minimum atomic E-state index is -4.25. The number of hydrogen-bond acceptors (Lipinski definition) is 5. The number of hydrogen-bond donors (Lipinski definition) is 1. The second kappa shape index (κ2) is 17.2. The van der Waals surface area contributed by atoms with Crippen molar-refractivity contribution in [2.24, 2.45) is 0 Å². The van der Waals surface area contributed by atoms with Gasteiger partial charge in [-0.15, -0.1) is 0 Å².